The Morgan fingerprint density at radius 1 is 0.298 bits per heavy atom. The van der Waals surface area contributed by atoms with Crippen LogP contribution in [0.5, 0.6) is 0 Å². The fourth-order valence-electron chi connectivity index (χ4n) is 8.47. The molecule has 0 aliphatic carbocycles. The van der Waals surface area contributed by atoms with Gasteiger partial charge in [0, 0.05) is 57.3 Å². The Hall–Kier alpha value is -6.85. The quantitative estimate of drug-likeness (QED) is 0.175. The largest absolute Gasteiger partial charge is 0.438 e. The summed E-state index contributed by atoms with van der Waals surface area (Å²) in [6.45, 7) is 0. The third kappa shape index (κ3) is 5.48. The van der Waals surface area contributed by atoms with Gasteiger partial charge < -0.3 is 4.42 Å². The molecule has 0 unspecified atom stereocenters. The second-order valence-electron chi connectivity index (χ2n) is 14.7. The van der Waals surface area contributed by atoms with Crippen molar-refractivity contribution in [2.45, 2.75) is 0 Å². The Morgan fingerprint density at radius 2 is 0.702 bits per heavy atom. The third-order valence-corrected chi connectivity index (χ3v) is 13.7. The molecule has 0 fully saturated rings. The maximum Gasteiger partial charge on any atom is 0.227 e. The molecule has 0 spiro atoms. The first kappa shape index (κ1) is 32.4. The van der Waals surface area contributed by atoms with Gasteiger partial charge in [-0.3, -0.25) is 0 Å². The van der Waals surface area contributed by atoms with Gasteiger partial charge in [-0.1, -0.05) is 97.1 Å². The highest BCUT2D eigenvalue weighted by Crippen LogP contribution is 2.41. The van der Waals surface area contributed by atoms with Crippen LogP contribution in [0.3, 0.4) is 0 Å². The lowest BCUT2D eigenvalue weighted by Crippen LogP contribution is -1.84. The van der Waals surface area contributed by atoms with E-state index in [4.69, 9.17) is 4.42 Å². The Labute approximate surface area is 336 Å². The van der Waals surface area contributed by atoms with Gasteiger partial charge in [0.2, 0.25) is 5.71 Å². The maximum atomic E-state index is 5.99. The molecule has 0 saturated heterocycles. The van der Waals surface area contributed by atoms with E-state index < -0.39 is 0 Å². The topological polar surface area (TPSA) is 26.0 Å². The molecular weight excluding hydrogens is 731 g/mol. The minimum absolute atomic E-state index is 0.673. The molecule has 0 amide bonds. The van der Waals surface area contributed by atoms with Crippen molar-refractivity contribution >= 4 is 85.1 Å². The van der Waals surface area contributed by atoms with Crippen molar-refractivity contribution in [3.63, 3.8) is 0 Å². The lowest BCUT2D eigenvalue weighted by atomic mass is 9.95. The Kier molecular flexibility index (Phi) is 7.31. The summed E-state index contributed by atoms with van der Waals surface area (Å²) in [7, 11) is 0. The average Bonchev–Trinajstić information content (AvgIpc) is 3.96. The normalized spacial score (nSPS) is 11.9. The van der Waals surface area contributed by atoms with Crippen molar-refractivity contribution in [3.05, 3.63) is 188 Å². The van der Waals surface area contributed by atoms with Crippen LogP contribution >= 0.6 is 22.7 Å². The van der Waals surface area contributed by atoms with Gasteiger partial charge in [-0.2, -0.15) is 0 Å². The van der Waals surface area contributed by atoms with Gasteiger partial charge in [0.1, 0.15) is 5.58 Å². The number of thiophene rings is 2. The van der Waals surface area contributed by atoms with Crippen LogP contribution in [-0.4, -0.2) is 4.98 Å². The van der Waals surface area contributed by atoms with Gasteiger partial charge in [0.25, 0.3) is 0 Å². The average molecular weight is 762 g/mol. The van der Waals surface area contributed by atoms with Crippen molar-refractivity contribution in [2.24, 2.45) is 0 Å². The molecule has 0 radical (unpaired) electrons. The van der Waals surface area contributed by atoms with E-state index in [2.05, 4.69) is 181 Å². The highest BCUT2D eigenvalue weighted by molar-refractivity contribution is 7.26. The van der Waals surface area contributed by atoms with E-state index in [0.29, 0.717) is 5.71 Å². The fourth-order valence-corrected chi connectivity index (χ4v) is 10.6. The van der Waals surface area contributed by atoms with E-state index in [-0.39, 0.29) is 0 Å². The Morgan fingerprint density at radius 3 is 1.23 bits per heavy atom. The Bertz CT molecular complexity index is 3550. The number of hydrogen-bond acceptors (Lipinski definition) is 4. The number of benzene rings is 8. The number of nitrogens with zero attached hydrogens (tertiary/aromatic N) is 1. The highest BCUT2D eigenvalue weighted by atomic mass is 32.1. The summed E-state index contributed by atoms with van der Waals surface area (Å²) in [5.41, 5.74) is 13.6. The van der Waals surface area contributed by atoms with Crippen LogP contribution in [0.25, 0.3) is 118 Å². The first-order valence-corrected chi connectivity index (χ1v) is 20.8. The number of hydrogen-bond donors (Lipinski definition) is 0. The number of aromatic nitrogens is 1. The first-order chi connectivity index (χ1) is 28.2. The van der Waals surface area contributed by atoms with Gasteiger partial charge in [0.05, 0.1) is 0 Å². The summed E-state index contributed by atoms with van der Waals surface area (Å²) in [5.74, 6) is 0. The smallest absolute Gasteiger partial charge is 0.227 e. The SMILES string of the molecule is c1cc(-c2cccc(-c3ccc4sc5ccc(-c6cccc(-c7ccc8sc9ccccc9c8c7)c6)cc5c4c3)c2)cc(-c2ccc3oc4ncccc4c3c2)c1. The van der Waals surface area contributed by atoms with Gasteiger partial charge in [-0.15, -0.1) is 22.7 Å². The van der Waals surface area contributed by atoms with Gasteiger partial charge in [-0.05, 0) is 141 Å². The predicted octanol–water partition coefficient (Wildman–Crippen LogP) is 16.1. The molecule has 4 aromatic heterocycles. The minimum Gasteiger partial charge on any atom is -0.438 e. The summed E-state index contributed by atoms with van der Waals surface area (Å²) in [4.78, 5) is 4.41. The van der Waals surface area contributed by atoms with Crippen LogP contribution in [0.1, 0.15) is 0 Å². The van der Waals surface area contributed by atoms with E-state index in [0.717, 1.165) is 21.9 Å². The van der Waals surface area contributed by atoms with Crippen LogP contribution in [0, 0.1) is 0 Å². The molecule has 0 N–H and O–H groups in total. The van der Waals surface area contributed by atoms with Crippen molar-refractivity contribution in [1.82, 2.24) is 4.98 Å². The first-order valence-electron chi connectivity index (χ1n) is 19.2. The molecule has 12 rings (SSSR count). The molecule has 12 aromatic rings. The number of rotatable bonds is 5. The summed E-state index contributed by atoms with van der Waals surface area (Å²) < 4.78 is 11.3. The zero-order valence-corrected chi connectivity index (χ0v) is 32.2. The fraction of sp³-hybridized carbons (Fsp3) is 0. The van der Waals surface area contributed by atoms with E-state index in [9.17, 15) is 0 Å². The van der Waals surface area contributed by atoms with Crippen molar-refractivity contribution < 1.29 is 4.42 Å². The second kappa shape index (κ2) is 12.9. The van der Waals surface area contributed by atoms with Gasteiger partial charge >= 0.3 is 0 Å². The van der Waals surface area contributed by atoms with Crippen LogP contribution in [0.15, 0.2) is 193 Å². The standard InChI is InChI=1S/C53H31NOS2/c1-2-15-49-42(13-1)45-29-39(17-21-50(45)56-49)36-11-5-12-37(27-36)41-19-23-52-47(31-41)46-30-40(18-22-51(46)57-52)35-10-4-8-33(26-35)32-7-3-9-34(25-32)38-16-20-48-44(28-38)43-14-6-24-54-53(43)55-48/h1-31H. The molecule has 266 valence electrons. The van der Waals surface area contributed by atoms with Crippen LogP contribution in [-0.2, 0) is 0 Å². The van der Waals surface area contributed by atoms with Gasteiger partial charge in [-0.25, -0.2) is 4.98 Å². The Balaban J connectivity index is 0.881. The highest BCUT2D eigenvalue weighted by Gasteiger charge is 2.13. The summed E-state index contributed by atoms with van der Waals surface area (Å²) in [6.07, 6.45) is 1.77. The maximum absolute atomic E-state index is 5.99. The molecule has 0 aliphatic heterocycles. The van der Waals surface area contributed by atoms with E-state index in [1.165, 1.54) is 90.4 Å². The second-order valence-corrected chi connectivity index (χ2v) is 16.9. The molecule has 2 nitrogen and oxygen atoms in total. The monoisotopic (exact) mass is 761 g/mol. The summed E-state index contributed by atoms with van der Waals surface area (Å²) >= 11 is 3.73. The molecule has 0 saturated carbocycles. The molecule has 4 heteroatoms. The van der Waals surface area contributed by atoms with Crippen LogP contribution < -0.4 is 0 Å². The molecule has 0 aliphatic rings. The van der Waals surface area contributed by atoms with E-state index in [1.807, 2.05) is 28.7 Å². The molecule has 0 atom stereocenters. The van der Waals surface area contributed by atoms with E-state index in [1.54, 1.807) is 6.20 Å². The zero-order chi connectivity index (χ0) is 37.5. The number of pyridine rings is 1. The summed E-state index contributed by atoms with van der Waals surface area (Å²) in [6, 6.07) is 66.7. The van der Waals surface area contributed by atoms with Crippen LogP contribution in [0.2, 0.25) is 0 Å². The zero-order valence-electron chi connectivity index (χ0n) is 30.6. The lowest BCUT2D eigenvalue weighted by Gasteiger charge is -2.09. The summed E-state index contributed by atoms with van der Waals surface area (Å²) in [5, 5.41) is 7.38. The van der Waals surface area contributed by atoms with Crippen molar-refractivity contribution in [1.29, 1.82) is 0 Å². The molecule has 57 heavy (non-hydrogen) atoms. The van der Waals surface area contributed by atoms with Crippen molar-refractivity contribution in [2.75, 3.05) is 0 Å². The van der Waals surface area contributed by atoms with Gasteiger partial charge in [0.15, 0.2) is 0 Å². The predicted molar refractivity (Wildman–Crippen MR) is 244 cm³/mol. The number of fused-ring (bicyclic) bond motifs is 9. The molecule has 8 aromatic carbocycles. The van der Waals surface area contributed by atoms with E-state index >= 15 is 0 Å². The molecule has 0 bridgehead atoms. The lowest BCUT2D eigenvalue weighted by molar-refractivity contribution is 0.654. The minimum atomic E-state index is 0.673. The van der Waals surface area contributed by atoms with Crippen LogP contribution in [0.4, 0.5) is 0 Å². The molecule has 4 heterocycles. The third-order valence-electron chi connectivity index (χ3n) is 11.3. The van der Waals surface area contributed by atoms with Crippen molar-refractivity contribution in [3.8, 4) is 55.6 Å². The molecular formula is C53H31NOS2. The number of furan rings is 1.